The van der Waals surface area contributed by atoms with Crippen LogP contribution >= 0.6 is 23.5 Å². The fraction of sp³-hybridized carbons (Fsp3) is 0.531. The first kappa shape index (κ1) is 89.2. The normalized spacial score (nSPS) is 16.8. The number of nitrogens with one attached hydrogen (secondary N) is 6. The van der Waals surface area contributed by atoms with E-state index in [4.69, 9.17) is 26.5 Å². The Hall–Kier alpha value is -9.37. The summed E-state index contributed by atoms with van der Waals surface area (Å²) in [5.41, 5.74) is 7.46. The van der Waals surface area contributed by atoms with Gasteiger partial charge in [-0.3, -0.25) is 52.3 Å². The molecule has 32 heteroatoms. The average Bonchev–Trinajstić information content (AvgIpc) is 1.57. The molecule has 0 radical (unpaired) electrons. The molecule has 614 valence electrons. The SMILES string of the molecule is C.CC[C@@]1(O)C(=O)OCc2c1cc1n(c2=O)Cc2c-1nc1cc(F)c(C)cc1c2CNC(=O)CCCCCSCNC(=O)[C@H](C)CC(=O)[C@H](C)NC(=O)C(C)C.CC[C@@]1(O)C(=O)OCc2c1cc1n(c2=O)Cc2c-1nc1cc(F)c(C)cc1c2CNC(=O)CCCCCSCNC(=O)[C@H](C)CC(=O)[C@H](C)NC(=O)[C@H](C)N.[2H]CF. The van der Waals surface area contributed by atoms with E-state index < -0.39 is 88.9 Å². The number of benzene rings is 2. The number of thioether (sulfide) groups is 2. The number of amides is 6. The van der Waals surface area contributed by atoms with Crippen LogP contribution in [0.1, 0.15) is 204 Å². The molecule has 0 aliphatic carbocycles. The maximum absolute atomic E-state index is 14.8. The Kier molecular flexibility index (Phi) is 31.6. The standard InChI is InChI=1S/C40H50FN5O8S.C39H49FN6O8S.CH3F.CH4/c1-7-40(53)29-15-32-35-27(18-46(32)38(51)28(29)19-54-39(40)52)26(25-13-22(4)30(41)16-31(25)45-35)17-42-34(48)11-9-8-10-12-55-20-43-37(50)23(5)14-33(47)24(6)44-36(49)21(2)3;1-6-39(53)28-14-31-34-26(17-46(31)37(51)27(28)18-54-38(39)52)25(24-12-20(2)29(40)15-30(24)45-34)16-42-33(48)10-8-7-9-11-55-19-43-35(49)21(3)13-32(47)23(5)44-36(50)22(4)41;1-2;/h13,15-16,21,23-24,53H,7-12,14,17-20H2,1-6H3,(H,42,48)(H,43,50)(H,44,49);12,14-15,21-23,53H,6-11,13,16-19,41H2,1-5H3,(H,42,48)(H,43,49)(H,44,50);1H3;1H4/t23-,24+,40+;21-,22+,23+,39+;;/m11../s1/i;;1D;. The lowest BCUT2D eigenvalue weighted by Gasteiger charge is -2.31. The third kappa shape index (κ3) is 21.0. The molecule has 2 aromatic carbocycles. The third-order valence-electron chi connectivity index (χ3n) is 20.7. The van der Waals surface area contributed by atoms with E-state index >= 15 is 0 Å². The number of aryl methyl sites for hydroxylation is 2. The number of halogens is 3. The number of rotatable bonds is 34. The second kappa shape index (κ2) is 40.1. The molecule has 6 aromatic rings. The number of aromatic nitrogens is 4. The van der Waals surface area contributed by atoms with Crippen molar-refractivity contribution in [3.8, 4) is 22.8 Å². The Labute approximate surface area is 664 Å². The van der Waals surface area contributed by atoms with Crippen molar-refractivity contribution in [2.24, 2.45) is 23.5 Å². The molecular formula is C81H106F3N11O16S2. The van der Waals surface area contributed by atoms with Crippen molar-refractivity contribution in [2.75, 3.05) is 30.4 Å². The minimum Gasteiger partial charge on any atom is -0.458 e. The van der Waals surface area contributed by atoms with Crippen LogP contribution in [0.2, 0.25) is 0 Å². The predicted octanol–water partition coefficient (Wildman–Crippen LogP) is 8.45. The zero-order valence-corrected chi connectivity index (χ0v) is 66.8. The van der Waals surface area contributed by atoms with Crippen molar-refractivity contribution in [3.63, 3.8) is 0 Å². The molecule has 113 heavy (non-hydrogen) atoms. The number of hydrogen-bond acceptors (Lipinski definition) is 21. The molecule has 0 spiro atoms. The van der Waals surface area contributed by atoms with E-state index in [0.29, 0.717) is 103 Å². The van der Waals surface area contributed by atoms with Gasteiger partial charge in [0.1, 0.15) is 24.8 Å². The van der Waals surface area contributed by atoms with Gasteiger partial charge in [0.05, 0.1) is 96.4 Å². The average molecular weight is 1610 g/mol. The Balaban J connectivity index is 0.000000303. The van der Waals surface area contributed by atoms with Crippen LogP contribution in [0.15, 0.2) is 46.0 Å². The van der Waals surface area contributed by atoms with E-state index in [1.807, 2.05) is 0 Å². The van der Waals surface area contributed by atoms with E-state index in [1.54, 1.807) is 105 Å². The Morgan fingerprint density at radius 3 is 1.32 bits per heavy atom. The van der Waals surface area contributed by atoms with Gasteiger partial charge in [-0.05, 0) is 131 Å². The number of ketones is 2. The molecule has 27 nitrogen and oxygen atoms in total. The molecule has 0 unspecified atom stereocenters. The van der Waals surface area contributed by atoms with E-state index in [2.05, 4.69) is 31.9 Å². The highest BCUT2D eigenvalue weighted by atomic mass is 32.2. The number of nitrogens with two attached hydrogens (primary N) is 1. The largest absolute Gasteiger partial charge is 0.458 e. The van der Waals surface area contributed by atoms with Crippen molar-refractivity contribution >= 4 is 104 Å². The zero-order chi connectivity index (χ0) is 83.1. The molecule has 0 bridgehead atoms. The minimum absolute atomic E-state index is 0. The summed E-state index contributed by atoms with van der Waals surface area (Å²) in [6.07, 6.45) is 5.15. The van der Waals surface area contributed by atoms with Crippen molar-refractivity contribution in [1.29, 1.82) is 0 Å². The van der Waals surface area contributed by atoms with Gasteiger partial charge in [0, 0.05) is 102 Å². The predicted molar refractivity (Wildman–Crippen MR) is 425 cm³/mol. The zero-order valence-electron chi connectivity index (χ0n) is 66.1. The van der Waals surface area contributed by atoms with E-state index in [-0.39, 0.29) is 155 Å². The molecular weight excluding hydrogens is 1500 g/mol. The number of pyridine rings is 4. The molecule has 8 heterocycles. The van der Waals surface area contributed by atoms with Crippen molar-refractivity contribution in [3.05, 3.63) is 124 Å². The van der Waals surface area contributed by atoms with E-state index in [0.717, 1.165) is 37.2 Å². The number of carbonyl (C=O) groups is 10. The molecule has 0 fully saturated rings. The van der Waals surface area contributed by atoms with Gasteiger partial charge in [0.2, 0.25) is 35.4 Å². The van der Waals surface area contributed by atoms with Crippen LogP contribution in [0.25, 0.3) is 44.6 Å². The summed E-state index contributed by atoms with van der Waals surface area (Å²) in [5.74, 6) is -3.40. The smallest absolute Gasteiger partial charge is 0.343 e. The number of fused-ring (bicyclic) bond motifs is 10. The van der Waals surface area contributed by atoms with Gasteiger partial charge >= 0.3 is 11.9 Å². The lowest BCUT2D eigenvalue weighted by atomic mass is 9.86. The molecule has 0 saturated heterocycles. The number of ether oxygens (including phenoxy) is 2. The lowest BCUT2D eigenvalue weighted by Crippen LogP contribution is -2.46. The highest BCUT2D eigenvalue weighted by Crippen LogP contribution is 2.43. The number of aliphatic hydroxyl groups is 2. The van der Waals surface area contributed by atoms with Gasteiger partial charge in [-0.25, -0.2) is 28.3 Å². The van der Waals surface area contributed by atoms with Crippen LogP contribution in [0, 0.1) is 43.2 Å². The summed E-state index contributed by atoms with van der Waals surface area (Å²) >= 11 is 3.09. The molecule has 4 aromatic heterocycles. The second-order valence-corrected chi connectivity index (χ2v) is 31.4. The molecule has 6 amide bonds. The summed E-state index contributed by atoms with van der Waals surface area (Å²) in [5, 5.41) is 40.6. The number of Topliss-reactive ketones (excluding diaryl/α,β-unsaturated/α-hetero) is 2. The van der Waals surface area contributed by atoms with Gasteiger partial charge in [-0.2, -0.15) is 0 Å². The maximum Gasteiger partial charge on any atom is 0.343 e. The number of carbonyl (C=O) groups excluding carboxylic acids is 10. The maximum atomic E-state index is 14.8. The van der Waals surface area contributed by atoms with Gasteiger partial charge in [-0.1, -0.05) is 61.8 Å². The summed E-state index contributed by atoms with van der Waals surface area (Å²) in [6.45, 7) is 18.1. The quantitative estimate of drug-likeness (QED) is 0.0104. The number of alkyl halides is 1. The Morgan fingerprint density at radius 1 is 0.575 bits per heavy atom. The van der Waals surface area contributed by atoms with Gasteiger partial charge in [0.25, 0.3) is 11.1 Å². The van der Waals surface area contributed by atoms with Gasteiger partial charge < -0.3 is 66.5 Å². The number of hydrogen-bond donors (Lipinski definition) is 9. The van der Waals surface area contributed by atoms with Crippen LogP contribution in [0.3, 0.4) is 0 Å². The Bertz CT molecular complexity index is 4500. The fourth-order valence-electron chi connectivity index (χ4n) is 13.6. The summed E-state index contributed by atoms with van der Waals surface area (Å²) in [4.78, 5) is 161. The highest BCUT2D eigenvalue weighted by Gasteiger charge is 2.47. The molecule has 0 saturated carbocycles. The van der Waals surface area contributed by atoms with E-state index in [1.165, 1.54) is 40.0 Å². The van der Waals surface area contributed by atoms with Crippen LogP contribution in [0.5, 0.6) is 0 Å². The van der Waals surface area contributed by atoms with Gasteiger partial charge in [-0.15, -0.1) is 23.5 Å². The number of nitrogens with zero attached hydrogens (tertiary/aromatic N) is 4. The lowest BCUT2D eigenvalue weighted by molar-refractivity contribution is -0.172. The van der Waals surface area contributed by atoms with E-state index in [9.17, 15) is 80.9 Å². The van der Waals surface area contributed by atoms with Crippen LogP contribution in [-0.2, 0) is 108 Å². The number of unbranched alkanes of at least 4 members (excludes halogenated alkanes) is 4. The fourth-order valence-corrected chi connectivity index (χ4v) is 15.2. The summed E-state index contributed by atoms with van der Waals surface area (Å²) in [6, 6.07) is 7.12. The van der Waals surface area contributed by atoms with Crippen LogP contribution < -0.4 is 48.8 Å². The monoisotopic (exact) mass is 1610 g/mol. The summed E-state index contributed by atoms with van der Waals surface area (Å²) < 4.78 is 58.4. The topological polar surface area (TPSA) is 398 Å². The molecule has 7 atom stereocenters. The molecule has 4 aliphatic rings. The number of cyclic esters (lactones) is 2. The van der Waals surface area contributed by atoms with Crippen molar-refractivity contribution in [1.82, 2.24) is 51.0 Å². The van der Waals surface area contributed by atoms with Crippen LogP contribution in [0.4, 0.5) is 13.2 Å². The first-order valence-corrected chi connectivity index (χ1v) is 39.9. The number of esters is 2. The van der Waals surface area contributed by atoms with Crippen molar-refractivity contribution < 1.29 is 82.2 Å². The van der Waals surface area contributed by atoms with Crippen molar-refractivity contribution in [2.45, 2.75) is 229 Å². The van der Waals surface area contributed by atoms with Crippen LogP contribution in [-0.4, -0.2) is 137 Å². The minimum atomic E-state index is -1.98. The third-order valence-corrected chi connectivity index (χ3v) is 22.6. The molecule has 4 aliphatic heterocycles. The Morgan fingerprint density at radius 2 is 0.956 bits per heavy atom. The second-order valence-electron chi connectivity index (χ2n) is 29.2. The first-order chi connectivity index (χ1) is 53.5. The van der Waals surface area contributed by atoms with Gasteiger partial charge in [0.15, 0.2) is 22.8 Å². The molecule has 10 N–H and O–H groups in total. The first-order valence-electron chi connectivity index (χ1n) is 38.3. The summed E-state index contributed by atoms with van der Waals surface area (Å²) in [7, 11) is -1.00. The highest BCUT2D eigenvalue weighted by molar-refractivity contribution is 7.99. The molecule has 10 rings (SSSR count).